The number of hydrogen-bond donors (Lipinski definition) is 0. The second-order valence-corrected chi connectivity index (χ2v) is 2.00. The molecule has 0 N–H and O–H groups in total. The molecule has 0 aliphatic rings. The molecule has 0 spiro atoms. The Labute approximate surface area is 60.4 Å². The average Bonchev–Trinajstić information content (AvgIpc) is 1.85. The molecule has 0 atom stereocenters. The molecule has 0 unspecified atom stereocenters. The Morgan fingerprint density at radius 2 is 2.00 bits per heavy atom. The molecule has 0 heterocycles. The fourth-order valence-corrected chi connectivity index (χ4v) is 0.433. The van der Waals surface area contributed by atoms with Crippen molar-refractivity contribution in [3.8, 4) is 0 Å². The molecule has 0 saturated heterocycles. The lowest BCUT2D eigenvalue weighted by molar-refractivity contribution is -0.136. The van der Waals surface area contributed by atoms with Crippen molar-refractivity contribution in [1.82, 2.24) is 0 Å². The molecule has 0 radical (unpaired) electrons. The van der Waals surface area contributed by atoms with Crippen LogP contribution >= 0.6 is 0 Å². The molecule has 0 aromatic heterocycles. The molecule has 10 heavy (non-hydrogen) atoms. The van der Waals surface area contributed by atoms with E-state index in [0.717, 1.165) is 5.71 Å². The van der Waals surface area contributed by atoms with Gasteiger partial charge in [0.2, 0.25) is 0 Å². The number of ether oxygens (including phenoxy) is 1. The van der Waals surface area contributed by atoms with Crippen LogP contribution in [0.2, 0.25) is 0 Å². The largest absolute Gasteiger partial charge is 0.464 e. The number of aliphatic imine (C=N–C) groups is 1. The molecule has 0 fully saturated rings. The van der Waals surface area contributed by atoms with Crippen LogP contribution in [-0.2, 0) is 9.53 Å². The van der Waals surface area contributed by atoms with Crippen molar-refractivity contribution in [3.63, 3.8) is 0 Å². The van der Waals surface area contributed by atoms with Gasteiger partial charge >= 0.3 is 5.97 Å². The first-order valence-electron chi connectivity index (χ1n) is 2.87. The molecule has 0 aromatic rings. The number of rotatable bonds is 2. The maximum atomic E-state index is 10.6. The lowest BCUT2D eigenvalue weighted by Crippen LogP contribution is -2.02. The highest BCUT2D eigenvalue weighted by Gasteiger charge is 2.02. The number of nitrogens with zero attached hydrogens (tertiary/aromatic N) is 1. The van der Waals surface area contributed by atoms with Gasteiger partial charge in [-0.1, -0.05) is 6.58 Å². The monoisotopic (exact) mass is 141 g/mol. The highest BCUT2D eigenvalue weighted by atomic mass is 16.5. The summed E-state index contributed by atoms with van der Waals surface area (Å²) in [6.45, 7) is 6.98. The van der Waals surface area contributed by atoms with E-state index in [4.69, 9.17) is 0 Å². The number of esters is 1. The summed E-state index contributed by atoms with van der Waals surface area (Å²) in [5.74, 6) is -0.485. The molecule has 0 aliphatic heterocycles. The van der Waals surface area contributed by atoms with E-state index in [-0.39, 0.29) is 5.70 Å². The number of hydrogen-bond acceptors (Lipinski definition) is 3. The molecule has 0 rings (SSSR count). The minimum Gasteiger partial charge on any atom is -0.464 e. The predicted molar refractivity (Wildman–Crippen MR) is 39.9 cm³/mol. The van der Waals surface area contributed by atoms with E-state index >= 15 is 0 Å². The van der Waals surface area contributed by atoms with E-state index in [1.54, 1.807) is 13.8 Å². The van der Waals surface area contributed by atoms with Crippen LogP contribution in [0.5, 0.6) is 0 Å². The Bertz CT molecular complexity index is 178. The molecular formula is C7H11NO2. The average molecular weight is 141 g/mol. The zero-order chi connectivity index (χ0) is 8.15. The summed E-state index contributed by atoms with van der Waals surface area (Å²) in [6.07, 6.45) is 0. The highest BCUT2D eigenvalue weighted by molar-refractivity contribution is 5.92. The SMILES string of the molecule is C=C(N=C(C)C)C(=O)OC. The predicted octanol–water partition coefficient (Wildman–Crippen LogP) is 1.15. The van der Waals surface area contributed by atoms with Crippen molar-refractivity contribution in [1.29, 1.82) is 0 Å². The van der Waals surface area contributed by atoms with Gasteiger partial charge in [0, 0.05) is 5.71 Å². The van der Waals surface area contributed by atoms with Crippen molar-refractivity contribution < 1.29 is 9.53 Å². The van der Waals surface area contributed by atoms with E-state index < -0.39 is 5.97 Å². The van der Waals surface area contributed by atoms with Gasteiger partial charge in [0.25, 0.3) is 0 Å². The van der Waals surface area contributed by atoms with E-state index in [0.29, 0.717) is 0 Å². The lowest BCUT2D eigenvalue weighted by atomic mass is 10.4. The maximum Gasteiger partial charge on any atom is 0.356 e. The molecule has 0 aliphatic carbocycles. The fraction of sp³-hybridized carbons (Fsp3) is 0.429. The maximum absolute atomic E-state index is 10.6. The van der Waals surface area contributed by atoms with Crippen molar-refractivity contribution >= 4 is 11.7 Å². The summed E-state index contributed by atoms with van der Waals surface area (Å²) in [5.41, 5.74) is 0.929. The van der Waals surface area contributed by atoms with Crippen LogP contribution in [0.15, 0.2) is 17.3 Å². The van der Waals surface area contributed by atoms with Gasteiger partial charge in [-0.15, -0.1) is 0 Å². The normalized spacial score (nSPS) is 8.30. The van der Waals surface area contributed by atoms with E-state index in [2.05, 4.69) is 16.3 Å². The van der Waals surface area contributed by atoms with Crippen molar-refractivity contribution in [2.75, 3.05) is 7.11 Å². The first kappa shape index (κ1) is 8.88. The molecule has 0 aromatic carbocycles. The number of carbonyl (C=O) groups excluding carboxylic acids is 1. The summed E-state index contributed by atoms with van der Waals surface area (Å²) in [7, 11) is 1.30. The molecule has 0 saturated carbocycles. The first-order chi connectivity index (χ1) is 4.57. The van der Waals surface area contributed by atoms with Crippen molar-refractivity contribution in [2.24, 2.45) is 4.99 Å². The second kappa shape index (κ2) is 3.82. The Kier molecular flexibility index (Phi) is 3.39. The topological polar surface area (TPSA) is 38.7 Å². The third-order valence-corrected chi connectivity index (χ3v) is 0.780. The van der Waals surface area contributed by atoms with Gasteiger partial charge in [-0.2, -0.15) is 0 Å². The smallest absolute Gasteiger partial charge is 0.356 e. The molecule has 3 heteroatoms. The quantitative estimate of drug-likeness (QED) is 0.329. The fourth-order valence-electron chi connectivity index (χ4n) is 0.433. The van der Waals surface area contributed by atoms with Gasteiger partial charge in [-0.05, 0) is 13.8 Å². The summed E-state index contributed by atoms with van der Waals surface area (Å²) in [5, 5.41) is 0. The zero-order valence-electron chi connectivity index (χ0n) is 6.47. The van der Waals surface area contributed by atoms with Gasteiger partial charge < -0.3 is 4.74 Å². The number of methoxy groups -OCH3 is 1. The van der Waals surface area contributed by atoms with E-state index in [1.807, 2.05) is 0 Å². The van der Waals surface area contributed by atoms with Gasteiger partial charge in [-0.25, -0.2) is 4.79 Å². The Balaban J connectivity index is 4.11. The van der Waals surface area contributed by atoms with Gasteiger partial charge in [0.05, 0.1) is 7.11 Å². The highest BCUT2D eigenvalue weighted by Crippen LogP contribution is 1.95. The third-order valence-electron chi connectivity index (χ3n) is 0.780. The zero-order valence-corrected chi connectivity index (χ0v) is 6.47. The first-order valence-corrected chi connectivity index (χ1v) is 2.87. The van der Waals surface area contributed by atoms with E-state index in [1.165, 1.54) is 7.11 Å². The minimum atomic E-state index is -0.485. The molecule has 56 valence electrons. The van der Waals surface area contributed by atoms with Crippen LogP contribution in [0.25, 0.3) is 0 Å². The molecule has 3 nitrogen and oxygen atoms in total. The van der Waals surface area contributed by atoms with Crippen LogP contribution in [0.4, 0.5) is 0 Å². The van der Waals surface area contributed by atoms with Crippen LogP contribution in [0.1, 0.15) is 13.8 Å². The van der Waals surface area contributed by atoms with Gasteiger partial charge in [0.1, 0.15) is 5.70 Å². The third kappa shape index (κ3) is 3.02. The Hall–Kier alpha value is -1.12. The molecule has 0 amide bonds. The molecule has 0 bridgehead atoms. The molecular weight excluding hydrogens is 130 g/mol. The van der Waals surface area contributed by atoms with Gasteiger partial charge in [0.15, 0.2) is 0 Å². The van der Waals surface area contributed by atoms with Crippen LogP contribution < -0.4 is 0 Å². The Morgan fingerprint density at radius 1 is 1.50 bits per heavy atom. The van der Waals surface area contributed by atoms with Crippen LogP contribution in [-0.4, -0.2) is 18.8 Å². The minimum absolute atomic E-state index is 0.141. The Morgan fingerprint density at radius 3 is 2.30 bits per heavy atom. The summed E-state index contributed by atoms with van der Waals surface area (Å²) >= 11 is 0. The standard InChI is InChI=1S/C7H11NO2/c1-5(2)8-6(3)7(9)10-4/h3H2,1-2,4H3. The summed E-state index contributed by atoms with van der Waals surface area (Å²) < 4.78 is 4.37. The summed E-state index contributed by atoms with van der Waals surface area (Å²) in [6, 6.07) is 0. The lowest BCUT2D eigenvalue weighted by Gasteiger charge is -1.96. The van der Waals surface area contributed by atoms with Crippen LogP contribution in [0.3, 0.4) is 0 Å². The number of carbonyl (C=O) groups is 1. The van der Waals surface area contributed by atoms with Crippen LogP contribution in [0, 0.1) is 0 Å². The van der Waals surface area contributed by atoms with E-state index in [9.17, 15) is 4.79 Å². The second-order valence-electron chi connectivity index (χ2n) is 2.00. The van der Waals surface area contributed by atoms with Crippen molar-refractivity contribution in [2.45, 2.75) is 13.8 Å². The summed E-state index contributed by atoms with van der Waals surface area (Å²) in [4.78, 5) is 14.4. The van der Waals surface area contributed by atoms with Gasteiger partial charge in [-0.3, -0.25) is 4.99 Å². The van der Waals surface area contributed by atoms with Crippen molar-refractivity contribution in [3.05, 3.63) is 12.3 Å².